The van der Waals surface area contributed by atoms with E-state index in [-0.39, 0.29) is 5.56 Å². The Morgan fingerprint density at radius 3 is 2.29 bits per heavy atom. The van der Waals surface area contributed by atoms with Crippen LogP contribution < -0.4 is 0 Å². The quantitative estimate of drug-likeness (QED) is 0.826. The van der Waals surface area contributed by atoms with Crippen LogP contribution in [-0.2, 0) is 6.42 Å². The third kappa shape index (κ3) is 3.33. The lowest BCUT2D eigenvalue weighted by Gasteiger charge is -2.07. The van der Waals surface area contributed by atoms with E-state index >= 15 is 0 Å². The Bertz CT molecular complexity index is 502. The van der Waals surface area contributed by atoms with Gasteiger partial charge in [0.2, 0.25) is 0 Å². The molecule has 2 nitrogen and oxygen atoms in total. The largest absolute Gasteiger partial charge is 0.393 e. The van der Waals surface area contributed by atoms with E-state index in [2.05, 4.69) is 21.0 Å². The van der Waals surface area contributed by atoms with Crippen LogP contribution in [0.4, 0.5) is 13.2 Å². The molecule has 0 saturated heterocycles. The predicted molar refractivity (Wildman–Crippen MR) is 61.0 cm³/mol. The highest BCUT2D eigenvalue weighted by Crippen LogP contribution is 2.22. The van der Waals surface area contributed by atoms with Gasteiger partial charge >= 0.3 is 6.18 Å². The van der Waals surface area contributed by atoms with Crippen molar-refractivity contribution in [2.24, 2.45) is 0 Å². The highest BCUT2D eigenvalue weighted by Gasteiger charge is 2.27. The van der Waals surface area contributed by atoms with Crippen LogP contribution in [0.5, 0.6) is 0 Å². The second kappa shape index (κ2) is 4.52. The molecule has 2 aromatic rings. The number of aromatic nitrogens is 2. The maximum atomic E-state index is 12.1. The molecule has 6 heteroatoms. The van der Waals surface area contributed by atoms with Gasteiger partial charge in [-0.1, -0.05) is 12.1 Å². The fraction of sp³-hybridized carbons (Fsp3) is 0.182. The first-order valence-corrected chi connectivity index (χ1v) is 5.59. The van der Waals surface area contributed by atoms with Crippen molar-refractivity contribution in [3.8, 4) is 5.69 Å². The molecule has 1 aromatic heterocycles. The van der Waals surface area contributed by atoms with Crippen molar-refractivity contribution in [2.75, 3.05) is 0 Å². The Balaban J connectivity index is 2.19. The van der Waals surface area contributed by atoms with Gasteiger partial charge in [-0.15, -0.1) is 0 Å². The van der Waals surface area contributed by atoms with Gasteiger partial charge in [-0.25, -0.2) is 4.68 Å². The van der Waals surface area contributed by atoms with Gasteiger partial charge in [0, 0.05) is 6.20 Å². The molecule has 17 heavy (non-hydrogen) atoms. The number of nitrogens with zero attached hydrogens (tertiary/aromatic N) is 2. The average molecular weight is 305 g/mol. The van der Waals surface area contributed by atoms with Crippen LogP contribution in [0.2, 0.25) is 0 Å². The van der Waals surface area contributed by atoms with Crippen molar-refractivity contribution in [2.45, 2.75) is 12.6 Å². The molecule has 0 unspecified atom stereocenters. The molecule has 1 heterocycles. The van der Waals surface area contributed by atoms with Crippen molar-refractivity contribution in [1.29, 1.82) is 0 Å². The van der Waals surface area contributed by atoms with Gasteiger partial charge in [0.15, 0.2) is 0 Å². The average Bonchev–Trinajstić information content (AvgIpc) is 2.63. The van der Waals surface area contributed by atoms with Gasteiger partial charge in [0.25, 0.3) is 0 Å². The maximum absolute atomic E-state index is 12.1. The van der Waals surface area contributed by atoms with E-state index in [1.165, 1.54) is 12.1 Å². The van der Waals surface area contributed by atoms with Gasteiger partial charge < -0.3 is 0 Å². The van der Waals surface area contributed by atoms with E-state index in [1.807, 2.05) is 0 Å². The summed E-state index contributed by atoms with van der Waals surface area (Å²) in [6.45, 7) is 0. The summed E-state index contributed by atoms with van der Waals surface area (Å²) in [5.41, 5.74) is 0.967. The van der Waals surface area contributed by atoms with Crippen molar-refractivity contribution < 1.29 is 13.2 Å². The lowest BCUT2D eigenvalue weighted by Crippen LogP contribution is -2.11. The second-order valence-electron chi connectivity index (χ2n) is 3.56. The molecular weight excluding hydrogens is 297 g/mol. The fourth-order valence-corrected chi connectivity index (χ4v) is 1.73. The highest BCUT2D eigenvalue weighted by molar-refractivity contribution is 9.10. The van der Waals surface area contributed by atoms with Crippen molar-refractivity contribution in [3.05, 3.63) is 46.7 Å². The molecule has 0 aliphatic rings. The lowest BCUT2D eigenvalue weighted by molar-refractivity contribution is -0.127. The topological polar surface area (TPSA) is 17.8 Å². The molecule has 0 fully saturated rings. The minimum Gasteiger partial charge on any atom is -0.240 e. The zero-order valence-electron chi connectivity index (χ0n) is 8.58. The molecule has 0 amide bonds. The number of benzene rings is 1. The zero-order valence-corrected chi connectivity index (χ0v) is 10.2. The molecule has 0 bridgehead atoms. The fourth-order valence-electron chi connectivity index (χ4n) is 1.44. The van der Waals surface area contributed by atoms with Gasteiger partial charge in [0.1, 0.15) is 0 Å². The van der Waals surface area contributed by atoms with Gasteiger partial charge in [-0.2, -0.15) is 18.3 Å². The third-order valence-corrected chi connectivity index (χ3v) is 2.57. The standard InChI is InChI=1S/C11H8BrF3N2/c12-9-6-16-17(7-9)10-3-1-8(2-4-10)5-11(13,14)15/h1-4,6-7H,5H2. The summed E-state index contributed by atoms with van der Waals surface area (Å²) in [5, 5.41) is 4.04. The Hall–Kier alpha value is -1.30. The summed E-state index contributed by atoms with van der Waals surface area (Å²) in [6, 6.07) is 6.14. The zero-order chi connectivity index (χ0) is 12.5. The van der Waals surface area contributed by atoms with E-state index in [0.717, 1.165) is 10.2 Å². The minimum absolute atomic E-state index is 0.243. The number of hydrogen-bond donors (Lipinski definition) is 0. The predicted octanol–water partition coefficient (Wildman–Crippen LogP) is 3.74. The van der Waals surface area contributed by atoms with Gasteiger partial charge in [-0.05, 0) is 33.6 Å². The Kier molecular flexibility index (Phi) is 3.24. The van der Waals surface area contributed by atoms with Crippen LogP contribution in [0.1, 0.15) is 5.56 Å². The van der Waals surface area contributed by atoms with Crippen LogP contribution in [0.25, 0.3) is 5.69 Å². The molecule has 0 aliphatic heterocycles. The first kappa shape index (κ1) is 12.2. The Morgan fingerprint density at radius 2 is 1.82 bits per heavy atom. The molecule has 90 valence electrons. The van der Waals surface area contributed by atoms with Crippen LogP contribution >= 0.6 is 15.9 Å². The normalized spacial score (nSPS) is 11.8. The molecule has 2 rings (SSSR count). The van der Waals surface area contributed by atoms with Crippen LogP contribution in [0, 0.1) is 0 Å². The summed E-state index contributed by atoms with van der Waals surface area (Å²) in [5.74, 6) is 0. The van der Waals surface area contributed by atoms with Gasteiger partial charge in [-0.3, -0.25) is 0 Å². The molecule has 0 aliphatic carbocycles. The van der Waals surface area contributed by atoms with Crippen molar-refractivity contribution in [1.82, 2.24) is 9.78 Å². The number of hydrogen-bond acceptors (Lipinski definition) is 1. The number of halogens is 4. The second-order valence-corrected chi connectivity index (χ2v) is 4.48. The van der Waals surface area contributed by atoms with Crippen molar-refractivity contribution in [3.63, 3.8) is 0 Å². The Labute approximate surface area is 104 Å². The first-order chi connectivity index (χ1) is 7.94. The van der Waals surface area contributed by atoms with Crippen molar-refractivity contribution >= 4 is 15.9 Å². The first-order valence-electron chi connectivity index (χ1n) is 4.80. The summed E-state index contributed by atoms with van der Waals surface area (Å²) in [4.78, 5) is 0. The number of alkyl halides is 3. The van der Waals surface area contributed by atoms with Crippen LogP contribution in [-0.4, -0.2) is 16.0 Å². The van der Waals surface area contributed by atoms with Gasteiger partial charge in [0.05, 0.1) is 22.8 Å². The summed E-state index contributed by atoms with van der Waals surface area (Å²) in [6.07, 6.45) is -1.73. The molecule has 0 radical (unpaired) electrons. The minimum atomic E-state index is -4.17. The smallest absolute Gasteiger partial charge is 0.240 e. The molecule has 1 aromatic carbocycles. The number of rotatable bonds is 2. The van der Waals surface area contributed by atoms with E-state index in [1.54, 1.807) is 29.2 Å². The lowest BCUT2D eigenvalue weighted by atomic mass is 10.1. The molecule has 0 N–H and O–H groups in total. The van der Waals surface area contributed by atoms with E-state index in [9.17, 15) is 13.2 Å². The van der Waals surface area contributed by atoms with Crippen LogP contribution in [0.15, 0.2) is 41.1 Å². The summed E-state index contributed by atoms with van der Waals surface area (Å²) >= 11 is 3.25. The van der Waals surface area contributed by atoms with Crippen LogP contribution in [0.3, 0.4) is 0 Å². The summed E-state index contributed by atoms with van der Waals surface area (Å²) < 4.78 is 38.8. The molecular formula is C11H8BrF3N2. The maximum Gasteiger partial charge on any atom is 0.393 e. The third-order valence-electron chi connectivity index (χ3n) is 2.16. The van der Waals surface area contributed by atoms with E-state index in [4.69, 9.17) is 0 Å². The SMILES string of the molecule is FC(F)(F)Cc1ccc(-n2cc(Br)cn2)cc1. The molecule has 0 saturated carbocycles. The monoisotopic (exact) mass is 304 g/mol. The Morgan fingerprint density at radius 1 is 1.18 bits per heavy atom. The van der Waals surface area contributed by atoms with E-state index < -0.39 is 12.6 Å². The molecule has 0 atom stereocenters. The summed E-state index contributed by atoms with van der Waals surface area (Å²) in [7, 11) is 0. The molecule has 0 spiro atoms. The van der Waals surface area contributed by atoms with E-state index in [0.29, 0.717) is 0 Å². The highest BCUT2D eigenvalue weighted by atomic mass is 79.9.